The van der Waals surface area contributed by atoms with Gasteiger partial charge in [-0.1, -0.05) is 12.1 Å². The highest BCUT2D eigenvalue weighted by atomic mass is 32.2. The van der Waals surface area contributed by atoms with Crippen LogP contribution in [0.3, 0.4) is 0 Å². The van der Waals surface area contributed by atoms with Crippen LogP contribution in [0, 0.1) is 5.82 Å². The van der Waals surface area contributed by atoms with Crippen LogP contribution in [0.25, 0.3) is 0 Å². The smallest absolute Gasteiger partial charge is 0.318 e. The zero-order valence-corrected chi connectivity index (χ0v) is 8.51. The van der Waals surface area contributed by atoms with Gasteiger partial charge in [0.2, 0.25) is 5.91 Å². The van der Waals surface area contributed by atoms with E-state index in [0.29, 0.717) is 4.90 Å². The molecular weight excluding hydrogens is 219 g/mol. The van der Waals surface area contributed by atoms with Crippen LogP contribution in [0.4, 0.5) is 9.18 Å². The summed E-state index contributed by atoms with van der Waals surface area (Å²) < 4.78 is 13.1. The first-order valence-corrected chi connectivity index (χ1v) is 5.05. The van der Waals surface area contributed by atoms with Gasteiger partial charge < -0.3 is 5.73 Å². The van der Waals surface area contributed by atoms with E-state index < -0.39 is 17.8 Å². The number of amides is 3. The molecule has 15 heavy (non-hydrogen) atoms. The van der Waals surface area contributed by atoms with Crippen molar-refractivity contribution in [1.82, 2.24) is 5.32 Å². The highest BCUT2D eigenvalue weighted by Crippen LogP contribution is 2.20. The SMILES string of the molecule is NC(=O)NC(=O)CSc1ccccc1F. The van der Waals surface area contributed by atoms with Crippen molar-refractivity contribution < 1.29 is 14.0 Å². The molecule has 0 fully saturated rings. The molecule has 0 saturated carbocycles. The maximum Gasteiger partial charge on any atom is 0.318 e. The summed E-state index contributed by atoms with van der Waals surface area (Å²) in [4.78, 5) is 21.6. The molecule has 3 N–H and O–H groups in total. The summed E-state index contributed by atoms with van der Waals surface area (Å²) in [5.74, 6) is -0.991. The molecule has 0 aliphatic carbocycles. The van der Waals surface area contributed by atoms with Crippen molar-refractivity contribution in [3.8, 4) is 0 Å². The van der Waals surface area contributed by atoms with Gasteiger partial charge in [0.25, 0.3) is 0 Å². The van der Waals surface area contributed by atoms with Gasteiger partial charge in [0.15, 0.2) is 0 Å². The number of imide groups is 1. The van der Waals surface area contributed by atoms with Crippen LogP contribution < -0.4 is 11.1 Å². The largest absolute Gasteiger partial charge is 0.351 e. The molecule has 80 valence electrons. The average Bonchev–Trinajstić information content (AvgIpc) is 2.15. The van der Waals surface area contributed by atoms with Crippen molar-refractivity contribution in [2.24, 2.45) is 5.73 Å². The fourth-order valence-corrected chi connectivity index (χ4v) is 1.62. The summed E-state index contributed by atoms with van der Waals surface area (Å²) >= 11 is 1.00. The second-order valence-electron chi connectivity index (χ2n) is 2.63. The minimum atomic E-state index is -0.908. The first-order valence-electron chi connectivity index (χ1n) is 4.06. The molecule has 0 unspecified atom stereocenters. The monoisotopic (exact) mass is 228 g/mol. The zero-order chi connectivity index (χ0) is 11.3. The molecule has 6 heteroatoms. The van der Waals surface area contributed by atoms with Gasteiger partial charge in [-0.15, -0.1) is 11.8 Å². The highest BCUT2D eigenvalue weighted by Gasteiger charge is 2.07. The Morgan fingerprint density at radius 1 is 1.40 bits per heavy atom. The van der Waals surface area contributed by atoms with E-state index in [1.165, 1.54) is 6.07 Å². The third-order valence-electron chi connectivity index (χ3n) is 1.46. The standard InChI is InChI=1S/C9H9FN2O2S/c10-6-3-1-2-4-7(6)15-5-8(13)12-9(11)14/h1-4H,5H2,(H3,11,12,13,14). The van der Waals surface area contributed by atoms with Crippen LogP contribution in [-0.4, -0.2) is 17.7 Å². The van der Waals surface area contributed by atoms with E-state index in [1.807, 2.05) is 5.32 Å². The number of nitrogens with one attached hydrogen (secondary N) is 1. The van der Waals surface area contributed by atoms with E-state index in [1.54, 1.807) is 18.2 Å². The van der Waals surface area contributed by atoms with Crippen LogP contribution in [-0.2, 0) is 4.79 Å². The molecule has 4 nitrogen and oxygen atoms in total. The Labute approximate surface area is 90.0 Å². The predicted octanol–water partition coefficient (Wildman–Crippen LogP) is 1.11. The number of nitrogens with two attached hydrogens (primary N) is 1. The Hall–Kier alpha value is -1.56. The zero-order valence-electron chi connectivity index (χ0n) is 7.70. The minimum Gasteiger partial charge on any atom is -0.351 e. The van der Waals surface area contributed by atoms with E-state index in [9.17, 15) is 14.0 Å². The summed E-state index contributed by atoms with van der Waals surface area (Å²) in [7, 11) is 0. The Kier molecular flexibility index (Phi) is 4.11. The molecule has 0 bridgehead atoms. The molecule has 0 atom stereocenters. The number of carbonyl (C=O) groups excluding carboxylic acids is 2. The topological polar surface area (TPSA) is 72.2 Å². The summed E-state index contributed by atoms with van der Waals surface area (Å²) in [6.07, 6.45) is 0. The first kappa shape index (κ1) is 11.5. The third-order valence-corrected chi connectivity index (χ3v) is 2.51. The number of urea groups is 1. The summed E-state index contributed by atoms with van der Waals surface area (Å²) in [5, 5.41) is 1.89. The van der Waals surface area contributed by atoms with Crippen molar-refractivity contribution in [3.05, 3.63) is 30.1 Å². The second-order valence-corrected chi connectivity index (χ2v) is 3.65. The average molecular weight is 228 g/mol. The van der Waals surface area contributed by atoms with Gasteiger partial charge in [0, 0.05) is 4.90 Å². The van der Waals surface area contributed by atoms with Crippen molar-refractivity contribution in [1.29, 1.82) is 0 Å². The summed E-state index contributed by atoms with van der Waals surface area (Å²) in [6, 6.07) is 5.17. The maximum absolute atomic E-state index is 13.1. The lowest BCUT2D eigenvalue weighted by molar-refractivity contribution is -0.117. The third kappa shape index (κ3) is 3.99. The Balaban J connectivity index is 2.47. The Morgan fingerprint density at radius 3 is 2.67 bits per heavy atom. The van der Waals surface area contributed by atoms with Crippen molar-refractivity contribution in [2.75, 3.05) is 5.75 Å². The van der Waals surface area contributed by atoms with Crippen LogP contribution in [0.5, 0.6) is 0 Å². The van der Waals surface area contributed by atoms with E-state index in [-0.39, 0.29) is 5.75 Å². The van der Waals surface area contributed by atoms with Crippen molar-refractivity contribution >= 4 is 23.7 Å². The van der Waals surface area contributed by atoms with E-state index in [0.717, 1.165) is 11.8 Å². The van der Waals surface area contributed by atoms with Gasteiger partial charge >= 0.3 is 6.03 Å². The van der Waals surface area contributed by atoms with Crippen LogP contribution in [0.1, 0.15) is 0 Å². The molecule has 1 aromatic rings. The minimum absolute atomic E-state index is 0.0517. The molecule has 0 aliphatic rings. The van der Waals surface area contributed by atoms with Gasteiger partial charge in [-0.3, -0.25) is 10.1 Å². The predicted molar refractivity (Wildman–Crippen MR) is 54.9 cm³/mol. The fraction of sp³-hybridized carbons (Fsp3) is 0.111. The number of halogens is 1. The summed E-state index contributed by atoms with van der Waals surface area (Å²) in [6.45, 7) is 0. The normalized spacial score (nSPS) is 9.67. The number of thioether (sulfide) groups is 1. The Morgan fingerprint density at radius 2 is 2.07 bits per heavy atom. The van der Waals surface area contributed by atoms with E-state index >= 15 is 0 Å². The molecule has 1 rings (SSSR count). The quantitative estimate of drug-likeness (QED) is 0.761. The van der Waals surface area contributed by atoms with Crippen LogP contribution >= 0.6 is 11.8 Å². The lowest BCUT2D eigenvalue weighted by Gasteiger charge is -2.02. The molecule has 0 aliphatic heterocycles. The van der Waals surface area contributed by atoms with Gasteiger partial charge in [0.05, 0.1) is 5.75 Å². The van der Waals surface area contributed by atoms with Gasteiger partial charge in [0.1, 0.15) is 5.82 Å². The fourth-order valence-electron chi connectivity index (χ4n) is 0.879. The maximum atomic E-state index is 13.1. The molecule has 0 saturated heterocycles. The lowest BCUT2D eigenvalue weighted by atomic mass is 10.3. The molecule has 0 heterocycles. The molecule has 1 aromatic carbocycles. The number of hydrogen-bond donors (Lipinski definition) is 2. The summed E-state index contributed by atoms with van der Waals surface area (Å²) in [5.41, 5.74) is 4.74. The number of hydrogen-bond acceptors (Lipinski definition) is 3. The molecule has 3 amide bonds. The van der Waals surface area contributed by atoms with Crippen molar-refractivity contribution in [2.45, 2.75) is 4.90 Å². The first-order chi connectivity index (χ1) is 7.09. The van der Waals surface area contributed by atoms with Crippen LogP contribution in [0.15, 0.2) is 29.2 Å². The molecular formula is C9H9FN2O2S. The highest BCUT2D eigenvalue weighted by molar-refractivity contribution is 8.00. The molecule has 0 spiro atoms. The number of primary amides is 1. The number of carbonyl (C=O) groups is 2. The van der Waals surface area contributed by atoms with E-state index in [4.69, 9.17) is 5.73 Å². The van der Waals surface area contributed by atoms with Crippen LogP contribution in [0.2, 0.25) is 0 Å². The van der Waals surface area contributed by atoms with Crippen molar-refractivity contribution in [3.63, 3.8) is 0 Å². The lowest BCUT2D eigenvalue weighted by Crippen LogP contribution is -2.36. The van der Waals surface area contributed by atoms with E-state index in [2.05, 4.69) is 0 Å². The number of benzene rings is 1. The Bertz CT molecular complexity index is 384. The van der Waals surface area contributed by atoms with Gasteiger partial charge in [-0.25, -0.2) is 9.18 Å². The molecule has 0 radical (unpaired) electrons. The van der Waals surface area contributed by atoms with Gasteiger partial charge in [-0.2, -0.15) is 0 Å². The van der Waals surface area contributed by atoms with Gasteiger partial charge in [-0.05, 0) is 12.1 Å². The second kappa shape index (κ2) is 5.35. The number of rotatable bonds is 3. The molecule has 0 aromatic heterocycles.